The molecule has 0 spiro atoms. The van der Waals surface area contributed by atoms with E-state index in [0.29, 0.717) is 28.9 Å². The summed E-state index contributed by atoms with van der Waals surface area (Å²) in [6.45, 7) is 4.11. The maximum absolute atomic E-state index is 11.7. The molecule has 0 aliphatic heterocycles. The van der Waals surface area contributed by atoms with E-state index in [9.17, 15) is 4.79 Å². The molecule has 0 unspecified atom stereocenters. The quantitative estimate of drug-likeness (QED) is 0.791. The highest BCUT2D eigenvalue weighted by Gasteiger charge is 2.18. The maximum atomic E-state index is 11.7. The van der Waals surface area contributed by atoms with Crippen LogP contribution in [0.15, 0.2) is 24.4 Å². The van der Waals surface area contributed by atoms with E-state index in [0.717, 1.165) is 11.4 Å². The summed E-state index contributed by atoms with van der Waals surface area (Å²) in [6, 6.07) is 5.07. The van der Waals surface area contributed by atoms with Crippen molar-refractivity contribution >= 4 is 23.2 Å². The molecule has 23 heavy (non-hydrogen) atoms. The van der Waals surface area contributed by atoms with Crippen molar-refractivity contribution in [3.63, 3.8) is 0 Å². The highest BCUT2D eigenvalue weighted by Crippen LogP contribution is 2.28. The van der Waals surface area contributed by atoms with Crippen molar-refractivity contribution in [1.29, 1.82) is 0 Å². The zero-order chi connectivity index (χ0) is 16.6. The van der Waals surface area contributed by atoms with Crippen LogP contribution < -0.4 is 10.5 Å². The van der Waals surface area contributed by atoms with Crippen molar-refractivity contribution in [2.24, 2.45) is 5.73 Å². The van der Waals surface area contributed by atoms with E-state index in [1.165, 1.54) is 0 Å². The molecular formula is C15H14ClN5O2. The molecule has 0 radical (unpaired) electrons. The molecule has 0 bridgehead atoms. The van der Waals surface area contributed by atoms with Crippen molar-refractivity contribution in [2.75, 3.05) is 6.61 Å². The number of nitrogens with two attached hydrogens (primary N) is 1. The molecule has 3 aromatic heterocycles. The lowest BCUT2D eigenvalue weighted by atomic mass is 10.2. The van der Waals surface area contributed by atoms with Crippen LogP contribution in [0, 0.1) is 6.92 Å². The molecule has 0 fully saturated rings. The van der Waals surface area contributed by atoms with E-state index in [2.05, 4.69) is 15.2 Å². The highest BCUT2D eigenvalue weighted by molar-refractivity contribution is 6.29. The van der Waals surface area contributed by atoms with Gasteiger partial charge in [0.15, 0.2) is 5.15 Å². The Kier molecular flexibility index (Phi) is 3.87. The summed E-state index contributed by atoms with van der Waals surface area (Å²) in [5.41, 5.74) is 8.41. The number of pyridine rings is 1. The Morgan fingerprint density at radius 1 is 1.39 bits per heavy atom. The fraction of sp³-hybridized carbons (Fsp3) is 0.200. The summed E-state index contributed by atoms with van der Waals surface area (Å²) in [5, 5.41) is 8.22. The average Bonchev–Trinajstić information content (AvgIpc) is 2.82. The molecule has 3 heterocycles. The molecule has 0 aliphatic carbocycles. The summed E-state index contributed by atoms with van der Waals surface area (Å²) < 4.78 is 7.22. The Hall–Kier alpha value is -2.67. The van der Waals surface area contributed by atoms with E-state index in [1.807, 2.05) is 13.8 Å². The zero-order valence-corrected chi connectivity index (χ0v) is 13.3. The Morgan fingerprint density at radius 2 is 2.17 bits per heavy atom. The number of hydrogen-bond acceptors (Lipinski definition) is 5. The summed E-state index contributed by atoms with van der Waals surface area (Å²) in [5.74, 6) is -0.166. The third kappa shape index (κ3) is 2.70. The highest BCUT2D eigenvalue weighted by atomic mass is 35.5. The van der Waals surface area contributed by atoms with Gasteiger partial charge in [0.25, 0.3) is 5.91 Å². The van der Waals surface area contributed by atoms with Gasteiger partial charge in [-0.05, 0) is 26.0 Å². The number of imidazole rings is 1. The molecule has 0 atom stereocenters. The third-order valence-electron chi connectivity index (χ3n) is 3.34. The van der Waals surface area contributed by atoms with E-state index in [1.54, 1.807) is 28.8 Å². The van der Waals surface area contributed by atoms with Crippen LogP contribution in [0.25, 0.3) is 17.0 Å². The number of primary amides is 1. The molecule has 0 saturated carbocycles. The molecule has 0 aliphatic rings. The number of carbonyl (C=O) groups is 1. The van der Waals surface area contributed by atoms with E-state index < -0.39 is 5.91 Å². The van der Waals surface area contributed by atoms with Crippen LogP contribution in [-0.4, -0.2) is 32.1 Å². The van der Waals surface area contributed by atoms with Gasteiger partial charge in [-0.15, -0.1) is 10.2 Å². The zero-order valence-electron chi connectivity index (χ0n) is 12.6. The predicted octanol–water partition coefficient (Wildman–Crippen LogP) is 2.25. The normalized spacial score (nSPS) is 10.9. The summed E-state index contributed by atoms with van der Waals surface area (Å²) in [7, 11) is 0. The van der Waals surface area contributed by atoms with Crippen LogP contribution in [0.2, 0.25) is 5.15 Å². The number of fused-ring (bicyclic) bond motifs is 1. The van der Waals surface area contributed by atoms with Gasteiger partial charge in [0.1, 0.15) is 17.1 Å². The lowest BCUT2D eigenvalue weighted by molar-refractivity contribution is 0.0996. The second-order valence-corrected chi connectivity index (χ2v) is 5.25. The smallest absolute Gasteiger partial charge is 0.253 e. The molecule has 3 rings (SSSR count). The number of hydrogen-bond donors (Lipinski definition) is 1. The molecule has 3 aromatic rings. The Bertz CT molecular complexity index is 889. The predicted molar refractivity (Wildman–Crippen MR) is 85.7 cm³/mol. The van der Waals surface area contributed by atoms with Crippen LogP contribution in [0.4, 0.5) is 0 Å². The van der Waals surface area contributed by atoms with Gasteiger partial charge in [0, 0.05) is 12.3 Å². The van der Waals surface area contributed by atoms with E-state index >= 15 is 0 Å². The lowest BCUT2D eigenvalue weighted by Crippen LogP contribution is -2.14. The number of aryl methyl sites for hydroxylation is 1. The Morgan fingerprint density at radius 3 is 2.78 bits per heavy atom. The van der Waals surface area contributed by atoms with Gasteiger partial charge < -0.3 is 10.5 Å². The fourth-order valence-electron chi connectivity index (χ4n) is 2.40. The molecule has 1 amide bonds. The molecule has 0 saturated heterocycles. The molecule has 0 aromatic carbocycles. The molecule has 8 heteroatoms. The Labute approximate surface area is 137 Å². The molecule has 7 nitrogen and oxygen atoms in total. The number of carbonyl (C=O) groups excluding carboxylic acids is 1. The number of aromatic nitrogens is 4. The van der Waals surface area contributed by atoms with Gasteiger partial charge in [-0.3, -0.25) is 9.20 Å². The first-order valence-corrected chi connectivity index (χ1v) is 7.34. The summed E-state index contributed by atoms with van der Waals surface area (Å²) >= 11 is 5.78. The van der Waals surface area contributed by atoms with E-state index in [-0.39, 0.29) is 5.56 Å². The fourth-order valence-corrected chi connectivity index (χ4v) is 2.50. The number of ether oxygens (including phenoxy) is 1. The SMILES string of the molecule is CCOc1cc2nc(C)c(-c3ccc(Cl)nn3)n2cc1C(N)=O. The first-order valence-electron chi connectivity index (χ1n) is 6.96. The lowest BCUT2D eigenvalue weighted by Gasteiger charge is -2.09. The second-order valence-electron chi connectivity index (χ2n) is 4.86. The molecule has 2 N–H and O–H groups in total. The van der Waals surface area contributed by atoms with Crippen molar-refractivity contribution in [3.8, 4) is 17.1 Å². The number of nitrogens with zero attached hydrogens (tertiary/aromatic N) is 4. The van der Waals surface area contributed by atoms with Gasteiger partial charge in [-0.1, -0.05) is 11.6 Å². The van der Waals surface area contributed by atoms with Crippen molar-refractivity contribution in [1.82, 2.24) is 19.6 Å². The van der Waals surface area contributed by atoms with Crippen LogP contribution >= 0.6 is 11.6 Å². The topological polar surface area (TPSA) is 95.4 Å². The monoisotopic (exact) mass is 331 g/mol. The number of halogens is 1. The third-order valence-corrected chi connectivity index (χ3v) is 3.54. The standard InChI is InChI=1S/C15H14ClN5O2/c1-3-23-11-6-13-18-8(2)14(10-4-5-12(16)20-19-10)21(13)7-9(11)15(17)22/h4-7H,3H2,1-2H3,(H2,17,22). The largest absolute Gasteiger partial charge is 0.493 e. The van der Waals surface area contributed by atoms with Gasteiger partial charge >= 0.3 is 0 Å². The van der Waals surface area contributed by atoms with Crippen LogP contribution in [0.3, 0.4) is 0 Å². The summed E-state index contributed by atoms with van der Waals surface area (Å²) in [6.07, 6.45) is 1.61. The van der Waals surface area contributed by atoms with Crippen molar-refractivity contribution in [3.05, 3.63) is 40.8 Å². The van der Waals surface area contributed by atoms with Crippen LogP contribution in [-0.2, 0) is 0 Å². The Balaban J connectivity index is 2.27. The van der Waals surface area contributed by atoms with Gasteiger partial charge in [0.05, 0.1) is 23.6 Å². The first-order chi connectivity index (χ1) is 11.0. The molecular weight excluding hydrogens is 318 g/mol. The van der Waals surface area contributed by atoms with Gasteiger partial charge in [-0.25, -0.2) is 4.98 Å². The molecule has 118 valence electrons. The summed E-state index contributed by atoms with van der Waals surface area (Å²) in [4.78, 5) is 16.2. The average molecular weight is 332 g/mol. The van der Waals surface area contributed by atoms with Gasteiger partial charge in [0.2, 0.25) is 0 Å². The minimum Gasteiger partial charge on any atom is -0.493 e. The van der Waals surface area contributed by atoms with Gasteiger partial charge in [-0.2, -0.15) is 0 Å². The number of rotatable bonds is 4. The van der Waals surface area contributed by atoms with E-state index in [4.69, 9.17) is 22.1 Å². The minimum atomic E-state index is -0.574. The van der Waals surface area contributed by atoms with Crippen molar-refractivity contribution < 1.29 is 9.53 Å². The van der Waals surface area contributed by atoms with Crippen LogP contribution in [0.5, 0.6) is 5.75 Å². The number of amides is 1. The second kappa shape index (κ2) is 5.85. The first kappa shape index (κ1) is 15.2. The van der Waals surface area contributed by atoms with Crippen molar-refractivity contribution in [2.45, 2.75) is 13.8 Å². The minimum absolute atomic E-state index is 0.278. The van der Waals surface area contributed by atoms with Crippen LogP contribution in [0.1, 0.15) is 23.0 Å². The maximum Gasteiger partial charge on any atom is 0.253 e.